The first-order valence-corrected chi connectivity index (χ1v) is 12.9. The van der Waals surface area contributed by atoms with Crippen LogP contribution in [0.1, 0.15) is 43.6 Å². The summed E-state index contributed by atoms with van der Waals surface area (Å²) in [6.45, 7) is 2.59. The first-order valence-electron chi connectivity index (χ1n) is 12.9. The summed E-state index contributed by atoms with van der Waals surface area (Å²) >= 11 is 0. The second-order valence-corrected chi connectivity index (χ2v) is 9.98. The lowest BCUT2D eigenvalue weighted by molar-refractivity contribution is -0.137. The Kier molecular flexibility index (Phi) is 8.98. The molecule has 2 aliphatic rings. The van der Waals surface area contributed by atoms with Crippen molar-refractivity contribution in [3.8, 4) is 22.6 Å². The van der Waals surface area contributed by atoms with E-state index in [-0.39, 0.29) is 25.8 Å². The van der Waals surface area contributed by atoms with E-state index in [2.05, 4.69) is 34.1 Å². The minimum absolute atomic E-state index is 0. The van der Waals surface area contributed by atoms with E-state index in [1.807, 2.05) is 36.5 Å². The van der Waals surface area contributed by atoms with E-state index < -0.39 is 5.97 Å². The fraction of sp³-hybridized carbons (Fsp3) is 0.400. The van der Waals surface area contributed by atoms with E-state index in [0.29, 0.717) is 18.4 Å². The molecule has 2 heterocycles. The molecule has 3 aromatic rings. The molecule has 2 aromatic carbocycles. The average Bonchev–Trinajstić information content (AvgIpc) is 3.76. The van der Waals surface area contributed by atoms with Crippen molar-refractivity contribution in [2.45, 2.75) is 38.0 Å². The molecule has 1 N–H and O–H groups in total. The molecule has 1 saturated heterocycles. The molecule has 1 aliphatic heterocycles. The first kappa shape index (κ1) is 26.9. The number of carboxylic acid groups (broad SMARTS) is 1. The Balaban J connectivity index is 0.00000320. The average molecular weight is 521 g/mol. The summed E-state index contributed by atoms with van der Waals surface area (Å²) < 4.78 is 11.7. The first-order chi connectivity index (χ1) is 17.6. The Morgan fingerprint density at radius 3 is 2.54 bits per heavy atom. The van der Waals surface area contributed by atoms with Crippen molar-refractivity contribution in [1.29, 1.82) is 0 Å². The van der Waals surface area contributed by atoms with Crippen LogP contribution in [0.5, 0.6) is 11.5 Å². The van der Waals surface area contributed by atoms with Crippen molar-refractivity contribution in [3.63, 3.8) is 0 Å². The number of ether oxygens (including phenoxy) is 2. The molecule has 0 unspecified atom stereocenters. The molecule has 0 amide bonds. The standard InChI is InChI=1S/C30H34N2O4.H2S/c1-35-25-9-10-27(24-5-3-13-31-19-24)29(17-25)32-14-11-21(12-15-32)20-36-26-6-2-4-23(16-26)28(18-30(33)34)22-7-8-22;/h2-6,9-10,13,16-17,19,21-22,28H,7-8,11-12,14-15,18,20H2,1H3,(H,33,34);1H2/t28-;/m0./s1. The maximum Gasteiger partial charge on any atom is 0.303 e. The number of methoxy groups -OCH3 is 1. The van der Waals surface area contributed by atoms with E-state index >= 15 is 0 Å². The van der Waals surface area contributed by atoms with Gasteiger partial charge in [-0.3, -0.25) is 9.78 Å². The minimum Gasteiger partial charge on any atom is -0.497 e. The number of carboxylic acids is 1. The number of benzene rings is 2. The van der Waals surface area contributed by atoms with Crippen molar-refractivity contribution >= 4 is 25.2 Å². The van der Waals surface area contributed by atoms with E-state index in [1.54, 1.807) is 13.3 Å². The molecular weight excluding hydrogens is 484 g/mol. The molecule has 2 fully saturated rings. The Hall–Kier alpha value is -3.19. The van der Waals surface area contributed by atoms with Gasteiger partial charge in [0.1, 0.15) is 11.5 Å². The molecule has 1 aromatic heterocycles. The van der Waals surface area contributed by atoms with E-state index in [9.17, 15) is 9.90 Å². The molecule has 6 nitrogen and oxygen atoms in total. The van der Waals surface area contributed by atoms with Crippen molar-refractivity contribution in [2.24, 2.45) is 11.8 Å². The van der Waals surface area contributed by atoms with Crippen LogP contribution in [-0.4, -0.2) is 42.9 Å². The molecule has 1 atom stereocenters. The number of anilines is 1. The minimum atomic E-state index is -0.729. The van der Waals surface area contributed by atoms with Crippen molar-refractivity contribution in [2.75, 3.05) is 31.7 Å². The number of hydrogen-bond donors (Lipinski definition) is 1. The highest BCUT2D eigenvalue weighted by atomic mass is 32.1. The normalized spacial score (nSPS) is 16.5. The van der Waals surface area contributed by atoms with Crippen molar-refractivity contribution in [3.05, 3.63) is 72.6 Å². The van der Waals surface area contributed by atoms with Crippen molar-refractivity contribution in [1.82, 2.24) is 4.98 Å². The van der Waals surface area contributed by atoms with Gasteiger partial charge in [0.2, 0.25) is 0 Å². The number of aromatic nitrogens is 1. The highest BCUT2D eigenvalue weighted by Gasteiger charge is 2.34. The molecule has 37 heavy (non-hydrogen) atoms. The van der Waals surface area contributed by atoms with Crippen LogP contribution in [0.4, 0.5) is 5.69 Å². The largest absolute Gasteiger partial charge is 0.497 e. The number of hydrogen-bond acceptors (Lipinski definition) is 5. The van der Waals surface area contributed by atoms with Gasteiger partial charge in [0.25, 0.3) is 0 Å². The zero-order valence-electron chi connectivity index (χ0n) is 21.3. The zero-order valence-corrected chi connectivity index (χ0v) is 22.3. The second kappa shape index (κ2) is 12.4. The van der Waals surface area contributed by atoms with Crippen LogP contribution in [-0.2, 0) is 4.79 Å². The summed E-state index contributed by atoms with van der Waals surface area (Å²) in [5.41, 5.74) is 4.54. The molecule has 5 rings (SSSR count). The zero-order chi connectivity index (χ0) is 24.9. The van der Waals surface area contributed by atoms with Gasteiger partial charge >= 0.3 is 5.97 Å². The van der Waals surface area contributed by atoms with Crippen LogP contribution in [0.25, 0.3) is 11.1 Å². The number of pyridine rings is 1. The molecule has 0 bridgehead atoms. The monoisotopic (exact) mass is 520 g/mol. The fourth-order valence-electron chi connectivity index (χ4n) is 5.30. The van der Waals surface area contributed by atoms with Crippen LogP contribution in [0.15, 0.2) is 67.0 Å². The van der Waals surface area contributed by atoms with E-state index in [4.69, 9.17) is 9.47 Å². The van der Waals surface area contributed by atoms with Crippen LogP contribution in [0, 0.1) is 11.8 Å². The molecular formula is C30H36N2O4S. The highest BCUT2D eigenvalue weighted by Crippen LogP contribution is 2.45. The summed E-state index contributed by atoms with van der Waals surface area (Å²) in [5, 5.41) is 9.33. The summed E-state index contributed by atoms with van der Waals surface area (Å²) in [6.07, 6.45) is 8.24. The quantitative estimate of drug-likeness (QED) is 0.347. The van der Waals surface area contributed by atoms with E-state index in [1.165, 1.54) is 11.3 Å². The molecule has 0 spiro atoms. The number of nitrogens with zero attached hydrogens (tertiary/aromatic N) is 2. The molecule has 7 heteroatoms. The predicted octanol–water partition coefficient (Wildman–Crippen LogP) is 6.13. The third-order valence-corrected chi connectivity index (χ3v) is 7.49. The van der Waals surface area contributed by atoms with Gasteiger partial charge in [-0.05, 0) is 79.3 Å². The van der Waals surface area contributed by atoms with Gasteiger partial charge in [0, 0.05) is 48.4 Å². The number of aliphatic carboxylic acids is 1. The number of carbonyl (C=O) groups is 1. The van der Waals surface area contributed by atoms with Gasteiger partial charge in [0.05, 0.1) is 20.1 Å². The Morgan fingerprint density at radius 2 is 1.86 bits per heavy atom. The van der Waals surface area contributed by atoms with Crippen molar-refractivity contribution < 1.29 is 19.4 Å². The van der Waals surface area contributed by atoms with Crippen LogP contribution >= 0.6 is 13.5 Å². The maximum atomic E-state index is 11.4. The van der Waals surface area contributed by atoms with Gasteiger partial charge < -0.3 is 19.5 Å². The summed E-state index contributed by atoms with van der Waals surface area (Å²) in [6, 6.07) is 18.4. The lowest BCUT2D eigenvalue weighted by Gasteiger charge is -2.35. The SMILES string of the molecule is COc1ccc(-c2cccnc2)c(N2CCC(COc3cccc([C@@H](CC(=O)O)C4CC4)c3)CC2)c1.S. The number of rotatable bonds is 10. The van der Waals surface area contributed by atoms with Crippen LogP contribution < -0.4 is 14.4 Å². The molecule has 1 saturated carbocycles. The summed E-state index contributed by atoms with van der Waals surface area (Å²) in [4.78, 5) is 18.1. The highest BCUT2D eigenvalue weighted by molar-refractivity contribution is 7.59. The van der Waals surface area contributed by atoms with Gasteiger partial charge in [-0.2, -0.15) is 13.5 Å². The topological polar surface area (TPSA) is 71.9 Å². The molecule has 1 aliphatic carbocycles. The third-order valence-electron chi connectivity index (χ3n) is 7.49. The van der Waals surface area contributed by atoms with Crippen LogP contribution in [0.3, 0.4) is 0 Å². The summed E-state index contributed by atoms with van der Waals surface area (Å²) in [5.74, 6) is 2.04. The van der Waals surface area contributed by atoms with Gasteiger partial charge in [-0.1, -0.05) is 18.2 Å². The maximum absolute atomic E-state index is 11.4. The lowest BCUT2D eigenvalue weighted by Crippen LogP contribution is -2.35. The van der Waals surface area contributed by atoms with Gasteiger partial charge in [0.15, 0.2) is 0 Å². The van der Waals surface area contributed by atoms with Crippen LogP contribution in [0.2, 0.25) is 0 Å². The third kappa shape index (κ3) is 6.77. The number of piperidine rings is 1. The Morgan fingerprint density at radius 1 is 1.05 bits per heavy atom. The summed E-state index contributed by atoms with van der Waals surface area (Å²) in [7, 11) is 1.70. The Bertz CT molecular complexity index is 1180. The fourth-order valence-corrected chi connectivity index (χ4v) is 5.30. The van der Waals surface area contributed by atoms with Gasteiger partial charge in [-0.25, -0.2) is 0 Å². The predicted molar refractivity (Wildman–Crippen MR) is 151 cm³/mol. The second-order valence-electron chi connectivity index (χ2n) is 9.98. The molecule has 0 radical (unpaired) electrons. The van der Waals surface area contributed by atoms with E-state index in [0.717, 1.165) is 61.4 Å². The van der Waals surface area contributed by atoms with Gasteiger partial charge in [-0.15, -0.1) is 0 Å². The smallest absolute Gasteiger partial charge is 0.303 e. The lowest BCUT2D eigenvalue weighted by atomic mass is 9.91. The molecule has 196 valence electrons. The Labute approximate surface area is 226 Å².